The number of hydrogen-bond donors (Lipinski definition) is 1. The average Bonchev–Trinajstić information content (AvgIpc) is 3.00. The molecule has 0 atom stereocenters. The minimum Gasteiger partial charge on any atom is -0.383 e. The second-order valence-electron chi connectivity index (χ2n) is 5.97. The molecular weight excluding hydrogens is 282 g/mol. The molecule has 0 aliphatic heterocycles. The highest BCUT2D eigenvalue weighted by Crippen LogP contribution is 2.32. The van der Waals surface area contributed by atoms with Crippen molar-refractivity contribution in [2.24, 2.45) is 5.92 Å². The Morgan fingerprint density at radius 3 is 2.81 bits per heavy atom. The van der Waals surface area contributed by atoms with Gasteiger partial charge in [-0.2, -0.15) is 0 Å². The minimum atomic E-state index is 0.674. The Labute approximate surface area is 132 Å². The van der Waals surface area contributed by atoms with Crippen molar-refractivity contribution in [2.45, 2.75) is 51.6 Å². The molecule has 4 nitrogen and oxygen atoms in total. The van der Waals surface area contributed by atoms with Gasteiger partial charge in [0.1, 0.15) is 0 Å². The highest BCUT2D eigenvalue weighted by atomic mass is 32.1. The Bertz CT molecular complexity index is 402. The van der Waals surface area contributed by atoms with Crippen molar-refractivity contribution in [3.05, 3.63) is 11.1 Å². The highest BCUT2D eigenvalue weighted by Gasteiger charge is 2.24. The number of ether oxygens (including phenoxy) is 1. The van der Waals surface area contributed by atoms with Crippen molar-refractivity contribution in [3.63, 3.8) is 0 Å². The second-order valence-corrected chi connectivity index (χ2v) is 7.07. The van der Waals surface area contributed by atoms with Crippen molar-refractivity contribution in [1.29, 1.82) is 0 Å². The van der Waals surface area contributed by atoms with E-state index >= 15 is 0 Å². The van der Waals surface area contributed by atoms with Gasteiger partial charge in [0, 0.05) is 44.4 Å². The van der Waals surface area contributed by atoms with Crippen molar-refractivity contribution in [3.8, 4) is 0 Å². The Morgan fingerprint density at radius 2 is 2.14 bits per heavy atom. The van der Waals surface area contributed by atoms with Crippen LogP contribution in [-0.4, -0.2) is 38.3 Å². The number of anilines is 1. The van der Waals surface area contributed by atoms with E-state index in [4.69, 9.17) is 4.74 Å². The van der Waals surface area contributed by atoms with Crippen LogP contribution in [0, 0.1) is 5.92 Å². The maximum absolute atomic E-state index is 5.04. The van der Waals surface area contributed by atoms with Crippen LogP contribution >= 0.6 is 11.3 Å². The normalized spacial score (nSPS) is 22.4. The van der Waals surface area contributed by atoms with Crippen molar-refractivity contribution < 1.29 is 4.74 Å². The molecule has 1 aliphatic rings. The number of thiazole rings is 1. The third kappa shape index (κ3) is 4.94. The van der Waals surface area contributed by atoms with E-state index in [1.807, 2.05) is 17.5 Å². The summed E-state index contributed by atoms with van der Waals surface area (Å²) in [7, 11) is 3.94. The van der Waals surface area contributed by atoms with E-state index in [2.05, 4.69) is 29.2 Å². The fourth-order valence-corrected chi connectivity index (χ4v) is 3.94. The van der Waals surface area contributed by atoms with E-state index in [1.54, 1.807) is 7.11 Å². The molecule has 0 amide bonds. The zero-order valence-electron chi connectivity index (χ0n) is 13.6. The summed E-state index contributed by atoms with van der Waals surface area (Å²) < 4.78 is 5.04. The molecule has 1 aromatic heterocycles. The zero-order valence-corrected chi connectivity index (χ0v) is 14.4. The van der Waals surface area contributed by atoms with Gasteiger partial charge in [0.25, 0.3) is 0 Å². The van der Waals surface area contributed by atoms with Crippen LogP contribution in [0.25, 0.3) is 0 Å². The molecule has 5 heteroatoms. The zero-order chi connectivity index (χ0) is 15.1. The third-order valence-electron chi connectivity index (χ3n) is 4.57. The molecule has 120 valence electrons. The standard InChI is InChI=1S/C16H29N3OS/c1-4-13-5-7-14(8-6-13)19(2)16-18-12-15(21-16)11-17-9-10-20-3/h12-14,17H,4-11H2,1-3H3. The van der Waals surface area contributed by atoms with Crippen LogP contribution in [0.4, 0.5) is 5.13 Å². The molecule has 1 saturated carbocycles. The Morgan fingerprint density at radius 1 is 1.38 bits per heavy atom. The Hall–Kier alpha value is -0.650. The SMILES string of the molecule is CCC1CCC(N(C)c2ncc(CNCCOC)s2)CC1. The van der Waals surface area contributed by atoms with E-state index < -0.39 is 0 Å². The van der Waals surface area contributed by atoms with E-state index in [9.17, 15) is 0 Å². The van der Waals surface area contributed by atoms with Gasteiger partial charge < -0.3 is 15.0 Å². The minimum absolute atomic E-state index is 0.674. The predicted molar refractivity (Wildman–Crippen MR) is 90.1 cm³/mol. The molecule has 0 unspecified atom stereocenters. The number of aromatic nitrogens is 1. The molecule has 1 fully saturated rings. The topological polar surface area (TPSA) is 37.4 Å². The molecule has 1 aliphatic carbocycles. The van der Waals surface area contributed by atoms with Crippen molar-refractivity contribution in [2.75, 3.05) is 32.2 Å². The molecule has 0 aromatic carbocycles. The molecule has 1 aromatic rings. The summed E-state index contributed by atoms with van der Waals surface area (Å²) in [6, 6.07) is 0.674. The lowest BCUT2D eigenvalue weighted by Gasteiger charge is -2.34. The van der Waals surface area contributed by atoms with Gasteiger partial charge >= 0.3 is 0 Å². The summed E-state index contributed by atoms with van der Waals surface area (Å²) in [6.07, 6.45) is 8.73. The Balaban J connectivity index is 1.80. The van der Waals surface area contributed by atoms with E-state index in [0.717, 1.165) is 25.6 Å². The summed E-state index contributed by atoms with van der Waals surface area (Å²) in [5, 5.41) is 4.54. The van der Waals surface area contributed by atoms with Crippen LogP contribution in [0.2, 0.25) is 0 Å². The molecule has 2 rings (SSSR count). The van der Waals surface area contributed by atoms with Gasteiger partial charge in [-0.3, -0.25) is 0 Å². The van der Waals surface area contributed by atoms with Crippen LogP contribution in [0.1, 0.15) is 43.9 Å². The van der Waals surface area contributed by atoms with Crippen LogP contribution in [0.5, 0.6) is 0 Å². The van der Waals surface area contributed by atoms with Gasteiger partial charge in [-0.05, 0) is 31.6 Å². The number of rotatable bonds is 8. The first kappa shape index (κ1) is 16.7. The summed E-state index contributed by atoms with van der Waals surface area (Å²) in [6.45, 7) is 4.85. The maximum Gasteiger partial charge on any atom is 0.185 e. The first-order valence-corrected chi connectivity index (χ1v) is 8.93. The number of hydrogen-bond acceptors (Lipinski definition) is 5. The maximum atomic E-state index is 5.04. The summed E-state index contributed by atoms with van der Waals surface area (Å²) in [5.74, 6) is 0.950. The number of methoxy groups -OCH3 is 1. The molecule has 0 spiro atoms. The molecule has 1 heterocycles. The largest absolute Gasteiger partial charge is 0.383 e. The van der Waals surface area contributed by atoms with E-state index in [-0.39, 0.29) is 0 Å². The monoisotopic (exact) mass is 311 g/mol. The molecule has 1 N–H and O–H groups in total. The van der Waals surface area contributed by atoms with Gasteiger partial charge in [-0.15, -0.1) is 11.3 Å². The smallest absolute Gasteiger partial charge is 0.185 e. The van der Waals surface area contributed by atoms with Crippen molar-refractivity contribution >= 4 is 16.5 Å². The average molecular weight is 311 g/mol. The van der Waals surface area contributed by atoms with E-state index in [1.165, 1.54) is 42.1 Å². The predicted octanol–water partition coefficient (Wildman–Crippen LogP) is 3.28. The summed E-state index contributed by atoms with van der Waals surface area (Å²) >= 11 is 1.81. The fourth-order valence-electron chi connectivity index (χ4n) is 3.02. The lowest BCUT2D eigenvalue weighted by Crippen LogP contribution is -2.35. The molecule has 0 saturated heterocycles. The molecule has 0 bridgehead atoms. The first-order valence-electron chi connectivity index (χ1n) is 8.11. The summed E-state index contributed by atoms with van der Waals surface area (Å²) in [4.78, 5) is 8.30. The number of nitrogens with zero attached hydrogens (tertiary/aromatic N) is 2. The van der Waals surface area contributed by atoms with Gasteiger partial charge in [0.2, 0.25) is 0 Å². The lowest BCUT2D eigenvalue weighted by atomic mass is 9.84. The number of nitrogens with one attached hydrogen (secondary N) is 1. The second kappa shape index (κ2) is 8.71. The van der Waals surface area contributed by atoms with Gasteiger partial charge in [-0.25, -0.2) is 4.98 Å². The van der Waals surface area contributed by atoms with Crippen LogP contribution in [0.15, 0.2) is 6.20 Å². The summed E-state index contributed by atoms with van der Waals surface area (Å²) in [5.41, 5.74) is 0. The van der Waals surface area contributed by atoms with Crippen LogP contribution in [0.3, 0.4) is 0 Å². The van der Waals surface area contributed by atoms with Crippen LogP contribution < -0.4 is 10.2 Å². The Kier molecular flexibility index (Phi) is 6.93. The highest BCUT2D eigenvalue weighted by molar-refractivity contribution is 7.15. The first-order chi connectivity index (χ1) is 10.2. The third-order valence-corrected chi connectivity index (χ3v) is 5.65. The lowest BCUT2D eigenvalue weighted by molar-refractivity contribution is 0.199. The van der Waals surface area contributed by atoms with Crippen LogP contribution in [-0.2, 0) is 11.3 Å². The fraction of sp³-hybridized carbons (Fsp3) is 0.812. The van der Waals surface area contributed by atoms with Gasteiger partial charge in [0.05, 0.1) is 6.61 Å². The molecule has 21 heavy (non-hydrogen) atoms. The van der Waals surface area contributed by atoms with Gasteiger partial charge in [0.15, 0.2) is 5.13 Å². The quantitative estimate of drug-likeness (QED) is 0.748. The van der Waals surface area contributed by atoms with E-state index in [0.29, 0.717) is 6.04 Å². The molecule has 0 radical (unpaired) electrons. The van der Waals surface area contributed by atoms with Crippen molar-refractivity contribution in [1.82, 2.24) is 10.3 Å². The van der Waals surface area contributed by atoms with Gasteiger partial charge in [-0.1, -0.05) is 13.3 Å². The molecular formula is C16H29N3OS.